The first-order valence-electron chi connectivity index (χ1n) is 3.57. The maximum Gasteiger partial charge on any atom is 0.243 e. The highest BCUT2D eigenvalue weighted by atomic mass is 79.9. The molecular weight excluding hydrogens is 234 g/mol. The number of hydrogen-bond acceptors (Lipinski definition) is 3. The van der Waals surface area contributed by atoms with Gasteiger partial charge in [0.05, 0.1) is 4.47 Å². The molecule has 0 saturated heterocycles. The summed E-state index contributed by atoms with van der Waals surface area (Å²) in [5, 5.41) is 0.906. The number of aliphatic imine (C=N–C) groups is 1. The molecule has 0 aliphatic heterocycles. The smallest absolute Gasteiger partial charge is 0.243 e. The molecule has 13 heavy (non-hydrogen) atoms. The van der Waals surface area contributed by atoms with Gasteiger partial charge in [-0.2, -0.15) is 0 Å². The van der Waals surface area contributed by atoms with Gasteiger partial charge < -0.3 is 4.42 Å². The fourth-order valence-electron chi connectivity index (χ4n) is 1.11. The first-order valence-corrected chi connectivity index (χ1v) is 4.36. The van der Waals surface area contributed by atoms with E-state index in [-0.39, 0.29) is 5.88 Å². The second kappa shape index (κ2) is 3.17. The van der Waals surface area contributed by atoms with Crippen molar-refractivity contribution in [2.45, 2.75) is 0 Å². The quantitative estimate of drug-likeness (QED) is 0.565. The van der Waals surface area contributed by atoms with Crippen LogP contribution in [0.4, 0.5) is 5.88 Å². The van der Waals surface area contributed by atoms with Crippen LogP contribution in [0.25, 0.3) is 11.0 Å². The molecule has 2 rings (SSSR count). The Balaban J connectivity index is 2.75. The van der Waals surface area contributed by atoms with Gasteiger partial charge >= 0.3 is 0 Å². The van der Waals surface area contributed by atoms with Gasteiger partial charge in [-0.05, 0) is 22.0 Å². The number of rotatable bonds is 1. The second-order valence-electron chi connectivity index (χ2n) is 2.45. The minimum absolute atomic E-state index is 0.275. The fourth-order valence-corrected chi connectivity index (χ4v) is 1.58. The van der Waals surface area contributed by atoms with Crippen molar-refractivity contribution in [1.82, 2.24) is 0 Å². The molecule has 0 unspecified atom stereocenters. The van der Waals surface area contributed by atoms with Crippen LogP contribution in [0, 0.1) is 0 Å². The van der Waals surface area contributed by atoms with E-state index < -0.39 is 0 Å². The lowest BCUT2D eigenvalue weighted by atomic mass is 10.3. The molecule has 4 heteroatoms. The monoisotopic (exact) mass is 237 g/mol. The molecule has 0 bridgehead atoms. The standard InChI is InChI=1S/C9H4BrNO2/c10-7-3-1-2-6-4-8(11-5-12)13-9(6)7/h1-4H. The topological polar surface area (TPSA) is 42.6 Å². The molecular formula is C9H4BrNO2. The Morgan fingerprint density at radius 1 is 1.46 bits per heavy atom. The third-order valence-electron chi connectivity index (χ3n) is 1.64. The molecule has 0 fully saturated rings. The Kier molecular flexibility index (Phi) is 2.00. The van der Waals surface area contributed by atoms with Gasteiger partial charge in [-0.1, -0.05) is 12.1 Å². The lowest BCUT2D eigenvalue weighted by molar-refractivity contribution is 0.561. The molecule has 64 valence electrons. The minimum atomic E-state index is 0.275. The van der Waals surface area contributed by atoms with Crippen molar-refractivity contribution in [3.63, 3.8) is 0 Å². The number of carbonyl (C=O) groups excluding carboxylic acids is 1. The van der Waals surface area contributed by atoms with Crippen molar-refractivity contribution in [1.29, 1.82) is 0 Å². The van der Waals surface area contributed by atoms with Crippen LogP contribution in [0.2, 0.25) is 0 Å². The van der Waals surface area contributed by atoms with Gasteiger partial charge in [-0.15, -0.1) is 4.99 Å². The number of furan rings is 1. The highest BCUT2D eigenvalue weighted by Gasteiger charge is 2.04. The first kappa shape index (κ1) is 8.23. The molecule has 0 saturated carbocycles. The largest absolute Gasteiger partial charge is 0.436 e. The molecule has 0 aliphatic rings. The highest BCUT2D eigenvalue weighted by molar-refractivity contribution is 9.10. The summed E-state index contributed by atoms with van der Waals surface area (Å²) in [4.78, 5) is 13.4. The summed E-state index contributed by atoms with van der Waals surface area (Å²) >= 11 is 3.33. The zero-order chi connectivity index (χ0) is 9.26. The predicted molar refractivity (Wildman–Crippen MR) is 51.7 cm³/mol. The Bertz CT molecular complexity index is 497. The zero-order valence-corrected chi connectivity index (χ0v) is 8.04. The van der Waals surface area contributed by atoms with Crippen LogP contribution >= 0.6 is 15.9 Å². The number of isocyanates is 1. The lowest BCUT2D eigenvalue weighted by Crippen LogP contribution is -1.63. The second-order valence-corrected chi connectivity index (χ2v) is 3.30. The molecule has 0 aliphatic carbocycles. The number of hydrogen-bond donors (Lipinski definition) is 0. The van der Waals surface area contributed by atoms with Crippen LogP contribution in [0.1, 0.15) is 0 Å². The molecule has 0 amide bonds. The van der Waals surface area contributed by atoms with Crippen LogP contribution < -0.4 is 0 Å². The average molecular weight is 238 g/mol. The normalized spacial score (nSPS) is 9.92. The van der Waals surface area contributed by atoms with Crippen LogP contribution in [0.5, 0.6) is 0 Å². The van der Waals surface area contributed by atoms with Gasteiger partial charge in [-0.3, -0.25) is 0 Å². The van der Waals surface area contributed by atoms with E-state index in [1.54, 1.807) is 6.07 Å². The van der Waals surface area contributed by atoms with Crippen molar-refractivity contribution < 1.29 is 9.21 Å². The molecule has 2 aromatic rings. The molecule has 0 atom stereocenters. The first-order chi connectivity index (χ1) is 6.31. The maximum absolute atomic E-state index is 9.97. The van der Waals surface area contributed by atoms with Gasteiger partial charge in [0.25, 0.3) is 0 Å². The van der Waals surface area contributed by atoms with E-state index in [0.29, 0.717) is 5.58 Å². The van der Waals surface area contributed by atoms with Gasteiger partial charge in [0.2, 0.25) is 12.0 Å². The summed E-state index contributed by atoms with van der Waals surface area (Å²) in [6.07, 6.45) is 1.43. The fraction of sp³-hybridized carbons (Fsp3) is 0. The molecule has 1 aromatic carbocycles. The molecule has 1 heterocycles. The average Bonchev–Trinajstić information content (AvgIpc) is 2.49. The van der Waals surface area contributed by atoms with Crippen molar-refractivity contribution in [2.75, 3.05) is 0 Å². The number of benzene rings is 1. The summed E-state index contributed by atoms with van der Waals surface area (Å²) < 4.78 is 6.11. The summed E-state index contributed by atoms with van der Waals surface area (Å²) in [5.41, 5.74) is 0.691. The third-order valence-corrected chi connectivity index (χ3v) is 2.26. The predicted octanol–water partition coefficient (Wildman–Crippen LogP) is 3.16. The lowest BCUT2D eigenvalue weighted by Gasteiger charge is -1.88. The summed E-state index contributed by atoms with van der Waals surface area (Å²) in [6, 6.07) is 7.31. The van der Waals surface area contributed by atoms with Gasteiger partial charge in [-0.25, -0.2) is 4.79 Å². The van der Waals surface area contributed by atoms with E-state index in [9.17, 15) is 4.79 Å². The minimum Gasteiger partial charge on any atom is -0.436 e. The number of para-hydroxylation sites is 1. The van der Waals surface area contributed by atoms with Crippen LogP contribution in [0.15, 0.2) is 38.1 Å². The molecule has 0 radical (unpaired) electrons. The van der Waals surface area contributed by atoms with Crippen molar-refractivity contribution in [3.8, 4) is 0 Å². The molecule has 3 nitrogen and oxygen atoms in total. The van der Waals surface area contributed by atoms with Gasteiger partial charge in [0.15, 0.2) is 5.58 Å². The Morgan fingerprint density at radius 2 is 2.31 bits per heavy atom. The Morgan fingerprint density at radius 3 is 3.00 bits per heavy atom. The van der Waals surface area contributed by atoms with E-state index in [0.717, 1.165) is 9.86 Å². The van der Waals surface area contributed by atoms with Gasteiger partial charge in [0, 0.05) is 11.5 Å². The third kappa shape index (κ3) is 1.41. The van der Waals surface area contributed by atoms with Gasteiger partial charge in [0.1, 0.15) is 0 Å². The van der Waals surface area contributed by atoms with E-state index in [2.05, 4.69) is 20.9 Å². The number of halogens is 1. The molecule has 1 aromatic heterocycles. The van der Waals surface area contributed by atoms with Crippen LogP contribution in [-0.4, -0.2) is 6.08 Å². The summed E-state index contributed by atoms with van der Waals surface area (Å²) in [7, 11) is 0. The number of fused-ring (bicyclic) bond motifs is 1. The molecule has 0 spiro atoms. The molecule has 0 N–H and O–H groups in total. The SMILES string of the molecule is O=C=Nc1cc2cccc(Br)c2o1. The number of nitrogens with zero attached hydrogens (tertiary/aromatic N) is 1. The summed E-state index contributed by atoms with van der Waals surface area (Å²) in [5.74, 6) is 0.275. The van der Waals surface area contributed by atoms with Crippen molar-refractivity contribution in [3.05, 3.63) is 28.7 Å². The van der Waals surface area contributed by atoms with E-state index in [1.807, 2.05) is 18.2 Å². The van der Waals surface area contributed by atoms with Crippen molar-refractivity contribution in [2.24, 2.45) is 4.99 Å². The van der Waals surface area contributed by atoms with E-state index >= 15 is 0 Å². The Hall–Kier alpha value is -1.38. The van der Waals surface area contributed by atoms with E-state index in [4.69, 9.17) is 4.42 Å². The maximum atomic E-state index is 9.97. The Labute approximate surface area is 82.2 Å². The van der Waals surface area contributed by atoms with Crippen LogP contribution in [0.3, 0.4) is 0 Å². The summed E-state index contributed by atoms with van der Waals surface area (Å²) in [6.45, 7) is 0. The zero-order valence-electron chi connectivity index (χ0n) is 6.45. The van der Waals surface area contributed by atoms with Crippen molar-refractivity contribution >= 4 is 38.9 Å². The van der Waals surface area contributed by atoms with Crippen LogP contribution in [-0.2, 0) is 4.79 Å². The van der Waals surface area contributed by atoms with E-state index in [1.165, 1.54) is 6.08 Å². The highest BCUT2D eigenvalue weighted by Crippen LogP contribution is 2.30.